The summed E-state index contributed by atoms with van der Waals surface area (Å²) in [6.45, 7) is 5.83. The molecular weight excluding hydrogens is 214 g/mol. The van der Waals surface area contributed by atoms with Gasteiger partial charge in [-0.1, -0.05) is 40.0 Å². The lowest BCUT2D eigenvalue weighted by molar-refractivity contribution is -0.135. The molecule has 0 aromatic carbocycles. The summed E-state index contributed by atoms with van der Waals surface area (Å²) in [5.74, 6) is 0.236. The molecule has 1 saturated carbocycles. The van der Waals surface area contributed by atoms with Crippen molar-refractivity contribution in [2.24, 2.45) is 5.92 Å². The van der Waals surface area contributed by atoms with Gasteiger partial charge in [-0.05, 0) is 19.3 Å². The Hall–Kier alpha value is -0.860. The van der Waals surface area contributed by atoms with Crippen molar-refractivity contribution >= 4 is 11.7 Å². The smallest absolute Gasteiger partial charge is 0.220 e. The molecule has 1 aliphatic rings. The van der Waals surface area contributed by atoms with Crippen LogP contribution in [0.5, 0.6) is 0 Å². The van der Waals surface area contributed by atoms with Gasteiger partial charge >= 0.3 is 0 Å². The summed E-state index contributed by atoms with van der Waals surface area (Å²) in [6, 6.07) is 0. The lowest BCUT2D eigenvalue weighted by atomic mass is 9.75. The fourth-order valence-electron chi connectivity index (χ4n) is 2.70. The zero-order chi connectivity index (χ0) is 12.9. The second-order valence-electron chi connectivity index (χ2n) is 5.46. The largest absolute Gasteiger partial charge is 0.344 e. The van der Waals surface area contributed by atoms with Crippen molar-refractivity contribution in [3.8, 4) is 0 Å². The van der Waals surface area contributed by atoms with Crippen LogP contribution < -0.4 is 5.32 Å². The van der Waals surface area contributed by atoms with Crippen LogP contribution in [0.1, 0.15) is 65.7 Å². The van der Waals surface area contributed by atoms with Crippen LogP contribution in [-0.2, 0) is 9.59 Å². The van der Waals surface area contributed by atoms with E-state index in [4.69, 9.17) is 0 Å². The number of amides is 1. The van der Waals surface area contributed by atoms with Crippen molar-refractivity contribution in [2.45, 2.75) is 71.3 Å². The average molecular weight is 239 g/mol. The molecule has 3 nitrogen and oxygen atoms in total. The quantitative estimate of drug-likeness (QED) is 0.802. The summed E-state index contributed by atoms with van der Waals surface area (Å²) >= 11 is 0. The zero-order valence-electron chi connectivity index (χ0n) is 11.3. The number of hydrogen-bond acceptors (Lipinski definition) is 2. The summed E-state index contributed by atoms with van der Waals surface area (Å²) in [5, 5.41) is 3.03. The van der Waals surface area contributed by atoms with Crippen molar-refractivity contribution < 1.29 is 9.59 Å². The Morgan fingerprint density at radius 2 is 1.76 bits per heavy atom. The van der Waals surface area contributed by atoms with Crippen LogP contribution in [0, 0.1) is 5.92 Å². The molecule has 0 unspecified atom stereocenters. The van der Waals surface area contributed by atoms with Crippen LogP contribution in [-0.4, -0.2) is 17.2 Å². The molecule has 0 saturated heterocycles. The Kier molecular flexibility index (Phi) is 5.16. The Morgan fingerprint density at radius 1 is 1.18 bits per heavy atom. The van der Waals surface area contributed by atoms with Crippen molar-refractivity contribution in [3.05, 3.63) is 0 Å². The first-order valence-corrected chi connectivity index (χ1v) is 6.87. The Balaban J connectivity index is 2.78. The van der Waals surface area contributed by atoms with Crippen LogP contribution in [0.4, 0.5) is 0 Å². The number of hydrogen-bond donors (Lipinski definition) is 1. The molecule has 1 fully saturated rings. The predicted octanol–water partition coefficient (Wildman–Crippen LogP) is 2.83. The molecule has 98 valence electrons. The number of ketones is 1. The first kappa shape index (κ1) is 14.2. The summed E-state index contributed by atoms with van der Waals surface area (Å²) in [4.78, 5) is 24.1. The second-order valence-corrected chi connectivity index (χ2v) is 5.46. The number of carbonyl (C=O) groups is 2. The van der Waals surface area contributed by atoms with Crippen molar-refractivity contribution in [3.63, 3.8) is 0 Å². The fraction of sp³-hybridized carbons (Fsp3) is 0.857. The molecule has 0 aromatic rings. The minimum atomic E-state index is -0.557. The highest BCUT2D eigenvalue weighted by molar-refractivity contribution is 5.94. The molecule has 0 aromatic heterocycles. The fourth-order valence-corrected chi connectivity index (χ4v) is 2.70. The summed E-state index contributed by atoms with van der Waals surface area (Å²) in [5.41, 5.74) is -0.557. The topological polar surface area (TPSA) is 46.2 Å². The molecular formula is C14H25NO2. The standard InChI is InChI=1S/C14H25NO2/c1-4-8-12(16)15-14(13(17)11(2)3)9-6-5-7-10-14/h11H,4-10H2,1-3H3,(H,15,16). The highest BCUT2D eigenvalue weighted by Gasteiger charge is 2.41. The van der Waals surface area contributed by atoms with Gasteiger partial charge in [-0.25, -0.2) is 0 Å². The van der Waals surface area contributed by atoms with Gasteiger partial charge in [-0.15, -0.1) is 0 Å². The zero-order valence-corrected chi connectivity index (χ0v) is 11.3. The van der Waals surface area contributed by atoms with Gasteiger partial charge in [0.15, 0.2) is 5.78 Å². The van der Waals surface area contributed by atoms with Gasteiger partial charge in [-0.3, -0.25) is 9.59 Å². The predicted molar refractivity (Wildman–Crippen MR) is 68.7 cm³/mol. The molecule has 0 aliphatic heterocycles. The first-order chi connectivity index (χ1) is 8.02. The van der Waals surface area contributed by atoms with Crippen LogP contribution in [0.3, 0.4) is 0 Å². The van der Waals surface area contributed by atoms with E-state index in [9.17, 15) is 9.59 Å². The van der Waals surface area contributed by atoms with Crippen LogP contribution in [0.25, 0.3) is 0 Å². The average Bonchev–Trinajstić information content (AvgIpc) is 2.29. The highest BCUT2D eigenvalue weighted by Crippen LogP contribution is 2.31. The molecule has 1 N–H and O–H groups in total. The third-order valence-corrected chi connectivity index (χ3v) is 3.56. The Morgan fingerprint density at radius 3 is 2.24 bits per heavy atom. The van der Waals surface area contributed by atoms with Gasteiger partial charge in [0.2, 0.25) is 5.91 Å². The number of nitrogens with one attached hydrogen (secondary N) is 1. The van der Waals surface area contributed by atoms with E-state index in [2.05, 4.69) is 5.32 Å². The van der Waals surface area contributed by atoms with E-state index in [1.807, 2.05) is 20.8 Å². The molecule has 0 heterocycles. The second kappa shape index (κ2) is 6.18. The van der Waals surface area contributed by atoms with Crippen LogP contribution in [0.15, 0.2) is 0 Å². The molecule has 3 heteroatoms. The number of rotatable bonds is 5. The van der Waals surface area contributed by atoms with Gasteiger partial charge in [0.05, 0.1) is 5.54 Å². The van der Waals surface area contributed by atoms with E-state index in [1.54, 1.807) is 0 Å². The lowest BCUT2D eigenvalue weighted by Crippen LogP contribution is -2.56. The van der Waals surface area contributed by atoms with Gasteiger partial charge in [0.25, 0.3) is 0 Å². The minimum Gasteiger partial charge on any atom is -0.344 e. The van der Waals surface area contributed by atoms with Gasteiger partial charge in [0.1, 0.15) is 0 Å². The van der Waals surface area contributed by atoms with Crippen molar-refractivity contribution in [2.75, 3.05) is 0 Å². The maximum Gasteiger partial charge on any atom is 0.220 e. The molecule has 1 rings (SSSR count). The Bertz CT molecular complexity index is 278. The normalized spacial score (nSPS) is 19.1. The van der Waals surface area contributed by atoms with E-state index in [0.717, 1.165) is 32.1 Å². The minimum absolute atomic E-state index is 0.00461. The van der Waals surface area contributed by atoms with Crippen molar-refractivity contribution in [1.82, 2.24) is 5.32 Å². The van der Waals surface area contributed by atoms with E-state index < -0.39 is 5.54 Å². The first-order valence-electron chi connectivity index (χ1n) is 6.87. The van der Waals surface area contributed by atoms with Gasteiger partial charge < -0.3 is 5.32 Å². The summed E-state index contributed by atoms with van der Waals surface area (Å²) in [6.07, 6.45) is 6.26. The van der Waals surface area contributed by atoms with Crippen LogP contribution in [0.2, 0.25) is 0 Å². The molecule has 0 radical (unpaired) electrons. The van der Waals surface area contributed by atoms with E-state index in [-0.39, 0.29) is 17.6 Å². The van der Waals surface area contributed by atoms with E-state index >= 15 is 0 Å². The van der Waals surface area contributed by atoms with E-state index in [1.165, 1.54) is 6.42 Å². The van der Waals surface area contributed by atoms with Gasteiger partial charge in [-0.2, -0.15) is 0 Å². The molecule has 17 heavy (non-hydrogen) atoms. The Labute approximate surface area is 104 Å². The monoisotopic (exact) mass is 239 g/mol. The maximum absolute atomic E-state index is 12.3. The van der Waals surface area contributed by atoms with Crippen molar-refractivity contribution in [1.29, 1.82) is 0 Å². The molecule has 1 aliphatic carbocycles. The molecule has 1 amide bonds. The SMILES string of the molecule is CCCC(=O)NC1(C(=O)C(C)C)CCCCC1. The molecule has 0 spiro atoms. The molecule has 0 bridgehead atoms. The molecule has 0 atom stereocenters. The highest BCUT2D eigenvalue weighted by atomic mass is 16.2. The van der Waals surface area contributed by atoms with Gasteiger partial charge in [0, 0.05) is 12.3 Å². The maximum atomic E-state index is 12.3. The third-order valence-electron chi connectivity index (χ3n) is 3.56. The number of carbonyl (C=O) groups excluding carboxylic acids is 2. The third kappa shape index (κ3) is 3.55. The lowest BCUT2D eigenvalue weighted by Gasteiger charge is -2.38. The summed E-state index contributed by atoms with van der Waals surface area (Å²) < 4.78 is 0. The van der Waals surface area contributed by atoms with Crippen LogP contribution >= 0.6 is 0 Å². The number of Topliss-reactive ketones (excluding diaryl/α,β-unsaturated/α-hetero) is 1. The summed E-state index contributed by atoms with van der Waals surface area (Å²) in [7, 11) is 0. The van der Waals surface area contributed by atoms with E-state index in [0.29, 0.717) is 6.42 Å².